The number of hydrogen-bond acceptors (Lipinski definition) is 4. The van der Waals surface area contributed by atoms with Crippen molar-refractivity contribution in [2.45, 2.75) is 37.8 Å². The van der Waals surface area contributed by atoms with Gasteiger partial charge in [0.05, 0.1) is 10.6 Å². The standard InChI is InChI=1S/C33H33BrClN3O4S/c1-3-36-33(40)31(21-25-10-5-4-6-11-25)37(22-26-12-8-13-27(34)20-26)32(39)23-38(29-14-7-9-24(2)19-29)43(41,42)30-17-15-28(35)16-18-30/h4-20,31H,3,21-23H2,1-2H3,(H,36,40)/t31-/m1/s1. The predicted molar refractivity (Wildman–Crippen MR) is 174 cm³/mol. The topological polar surface area (TPSA) is 86.8 Å². The molecule has 10 heteroatoms. The van der Waals surface area contributed by atoms with Crippen LogP contribution in [0.4, 0.5) is 5.69 Å². The summed E-state index contributed by atoms with van der Waals surface area (Å²) >= 11 is 9.53. The van der Waals surface area contributed by atoms with E-state index in [0.717, 1.165) is 25.5 Å². The van der Waals surface area contributed by atoms with Crippen molar-refractivity contribution >= 4 is 55.1 Å². The van der Waals surface area contributed by atoms with Crippen LogP contribution in [-0.4, -0.2) is 44.3 Å². The minimum Gasteiger partial charge on any atom is -0.355 e. The third-order valence-electron chi connectivity index (χ3n) is 6.83. The highest BCUT2D eigenvalue weighted by Gasteiger charge is 2.34. The van der Waals surface area contributed by atoms with Gasteiger partial charge in [0.2, 0.25) is 11.8 Å². The number of sulfonamides is 1. The second-order valence-electron chi connectivity index (χ2n) is 10.1. The molecule has 0 unspecified atom stereocenters. The quantitative estimate of drug-likeness (QED) is 0.188. The molecule has 0 saturated carbocycles. The van der Waals surface area contributed by atoms with E-state index in [-0.39, 0.29) is 23.8 Å². The van der Waals surface area contributed by atoms with E-state index in [1.807, 2.05) is 74.5 Å². The molecule has 0 aliphatic rings. The van der Waals surface area contributed by atoms with Crippen molar-refractivity contribution in [2.75, 3.05) is 17.4 Å². The van der Waals surface area contributed by atoms with Gasteiger partial charge in [0.1, 0.15) is 12.6 Å². The van der Waals surface area contributed by atoms with Crippen molar-refractivity contribution in [3.05, 3.63) is 129 Å². The summed E-state index contributed by atoms with van der Waals surface area (Å²) in [6, 6.07) is 28.8. The van der Waals surface area contributed by atoms with Crippen molar-refractivity contribution in [3.63, 3.8) is 0 Å². The van der Waals surface area contributed by atoms with Crippen LogP contribution in [0.3, 0.4) is 0 Å². The number of carbonyl (C=O) groups excluding carboxylic acids is 2. The van der Waals surface area contributed by atoms with E-state index in [0.29, 0.717) is 17.3 Å². The van der Waals surface area contributed by atoms with Gasteiger partial charge in [0, 0.05) is 29.0 Å². The summed E-state index contributed by atoms with van der Waals surface area (Å²) < 4.78 is 30.0. The molecule has 2 amide bonds. The molecule has 4 aromatic rings. The second kappa shape index (κ2) is 14.7. The molecule has 4 rings (SSSR count). The number of halogens is 2. The number of hydrogen-bond donors (Lipinski definition) is 1. The number of anilines is 1. The van der Waals surface area contributed by atoms with Crippen LogP contribution in [0.15, 0.2) is 112 Å². The average molecular weight is 683 g/mol. The molecule has 0 radical (unpaired) electrons. The van der Waals surface area contributed by atoms with Crippen molar-refractivity contribution in [3.8, 4) is 0 Å². The van der Waals surface area contributed by atoms with Gasteiger partial charge in [-0.05, 0) is 79.1 Å². The molecule has 0 aromatic heterocycles. The van der Waals surface area contributed by atoms with Crippen LogP contribution in [0.1, 0.15) is 23.6 Å². The Bertz CT molecular complexity index is 1670. The van der Waals surface area contributed by atoms with E-state index in [1.165, 1.54) is 29.2 Å². The molecule has 224 valence electrons. The van der Waals surface area contributed by atoms with Gasteiger partial charge in [-0.3, -0.25) is 13.9 Å². The van der Waals surface area contributed by atoms with Crippen molar-refractivity contribution < 1.29 is 18.0 Å². The Morgan fingerprint density at radius 3 is 2.21 bits per heavy atom. The lowest BCUT2D eigenvalue weighted by molar-refractivity contribution is -0.140. The maximum atomic E-state index is 14.4. The van der Waals surface area contributed by atoms with Crippen molar-refractivity contribution in [2.24, 2.45) is 0 Å². The van der Waals surface area contributed by atoms with Crippen LogP contribution in [0, 0.1) is 6.92 Å². The molecule has 0 heterocycles. The number of likely N-dealkylation sites (N-methyl/N-ethyl adjacent to an activating group) is 1. The molecule has 0 saturated heterocycles. The Morgan fingerprint density at radius 1 is 0.884 bits per heavy atom. The third kappa shape index (κ3) is 8.46. The second-order valence-corrected chi connectivity index (χ2v) is 13.3. The molecule has 0 fully saturated rings. The van der Waals surface area contributed by atoms with Crippen LogP contribution in [0.2, 0.25) is 5.02 Å². The van der Waals surface area contributed by atoms with Crippen molar-refractivity contribution in [1.29, 1.82) is 0 Å². The first-order chi connectivity index (χ1) is 20.6. The average Bonchev–Trinajstić information content (AvgIpc) is 2.98. The molecule has 0 bridgehead atoms. The maximum Gasteiger partial charge on any atom is 0.264 e. The smallest absolute Gasteiger partial charge is 0.264 e. The number of aryl methyl sites for hydroxylation is 1. The van der Waals surface area contributed by atoms with Crippen LogP contribution in [-0.2, 0) is 32.6 Å². The SMILES string of the molecule is CCNC(=O)[C@@H](Cc1ccccc1)N(Cc1cccc(Br)c1)C(=O)CN(c1cccc(C)c1)S(=O)(=O)c1ccc(Cl)cc1. The Morgan fingerprint density at radius 2 is 1.56 bits per heavy atom. The highest BCUT2D eigenvalue weighted by atomic mass is 79.9. The summed E-state index contributed by atoms with van der Waals surface area (Å²) in [5.41, 5.74) is 2.82. The first kappa shape index (κ1) is 32.3. The molecule has 1 atom stereocenters. The molecular formula is C33H33BrClN3O4S. The van der Waals surface area contributed by atoms with Crippen LogP contribution in [0.25, 0.3) is 0 Å². The van der Waals surface area contributed by atoms with Gasteiger partial charge in [0.25, 0.3) is 10.0 Å². The fourth-order valence-electron chi connectivity index (χ4n) is 4.72. The van der Waals surface area contributed by atoms with E-state index in [9.17, 15) is 18.0 Å². The summed E-state index contributed by atoms with van der Waals surface area (Å²) in [5.74, 6) is -0.844. The number of rotatable bonds is 12. The van der Waals surface area contributed by atoms with Gasteiger partial charge in [0.15, 0.2) is 0 Å². The van der Waals surface area contributed by atoms with E-state index < -0.39 is 28.5 Å². The number of amides is 2. The first-order valence-electron chi connectivity index (χ1n) is 13.8. The zero-order valence-corrected chi connectivity index (χ0v) is 27.1. The lowest BCUT2D eigenvalue weighted by atomic mass is 10.0. The van der Waals surface area contributed by atoms with Crippen LogP contribution >= 0.6 is 27.5 Å². The molecule has 0 aliphatic carbocycles. The zero-order chi connectivity index (χ0) is 31.0. The molecule has 1 N–H and O–H groups in total. The Kier molecular flexibility index (Phi) is 11.0. The van der Waals surface area contributed by atoms with E-state index in [4.69, 9.17) is 11.6 Å². The van der Waals surface area contributed by atoms with Gasteiger partial charge in [-0.1, -0.05) is 82.1 Å². The summed E-state index contributed by atoms with van der Waals surface area (Å²) in [6.07, 6.45) is 0.251. The normalized spacial score (nSPS) is 11.9. The van der Waals surface area contributed by atoms with Gasteiger partial charge >= 0.3 is 0 Å². The number of benzene rings is 4. The van der Waals surface area contributed by atoms with Crippen LogP contribution in [0.5, 0.6) is 0 Å². The van der Waals surface area contributed by atoms with Crippen molar-refractivity contribution in [1.82, 2.24) is 10.2 Å². The fraction of sp³-hybridized carbons (Fsp3) is 0.212. The first-order valence-corrected chi connectivity index (χ1v) is 16.4. The van der Waals surface area contributed by atoms with E-state index in [1.54, 1.807) is 18.2 Å². The minimum atomic E-state index is -4.19. The monoisotopic (exact) mass is 681 g/mol. The molecule has 0 aliphatic heterocycles. The lowest BCUT2D eigenvalue weighted by Crippen LogP contribution is -2.53. The summed E-state index contributed by atoms with van der Waals surface area (Å²) in [5, 5.41) is 3.26. The lowest BCUT2D eigenvalue weighted by Gasteiger charge is -2.34. The molecule has 43 heavy (non-hydrogen) atoms. The predicted octanol–water partition coefficient (Wildman–Crippen LogP) is 6.38. The summed E-state index contributed by atoms with van der Waals surface area (Å²) in [6.45, 7) is 3.62. The van der Waals surface area contributed by atoms with Gasteiger partial charge < -0.3 is 10.2 Å². The Labute approximate surface area is 266 Å². The third-order valence-corrected chi connectivity index (χ3v) is 9.37. The maximum absolute atomic E-state index is 14.4. The molecule has 0 spiro atoms. The minimum absolute atomic E-state index is 0.00527. The number of nitrogens with one attached hydrogen (secondary N) is 1. The largest absolute Gasteiger partial charge is 0.355 e. The molecule has 7 nitrogen and oxygen atoms in total. The van der Waals surface area contributed by atoms with Crippen LogP contribution < -0.4 is 9.62 Å². The zero-order valence-electron chi connectivity index (χ0n) is 23.9. The summed E-state index contributed by atoms with van der Waals surface area (Å²) in [7, 11) is -4.19. The van der Waals surface area contributed by atoms with E-state index >= 15 is 0 Å². The summed E-state index contributed by atoms with van der Waals surface area (Å²) in [4.78, 5) is 29.4. The fourth-order valence-corrected chi connectivity index (χ4v) is 6.70. The highest BCUT2D eigenvalue weighted by Crippen LogP contribution is 2.27. The number of nitrogens with zero attached hydrogens (tertiary/aromatic N) is 2. The highest BCUT2D eigenvalue weighted by molar-refractivity contribution is 9.10. The van der Waals surface area contributed by atoms with Gasteiger partial charge in [-0.2, -0.15) is 0 Å². The van der Waals surface area contributed by atoms with E-state index in [2.05, 4.69) is 21.2 Å². The Balaban J connectivity index is 1.80. The molecular weight excluding hydrogens is 650 g/mol. The number of carbonyl (C=O) groups is 2. The Hall–Kier alpha value is -3.66. The van der Waals surface area contributed by atoms with Gasteiger partial charge in [-0.15, -0.1) is 0 Å². The van der Waals surface area contributed by atoms with Gasteiger partial charge in [-0.25, -0.2) is 8.42 Å². The molecule has 4 aromatic carbocycles.